The first-order valence-electron chi connectivity index (χ1n) is 6.52. The second-order valence-corrected chi connectivity index (χ2v) is 4.65. The van der Waals surface area contributed by atoms with E-state index in [0.29, 0.717) is 19.3 Å². The maximum absolute atomic E-state index is 12.0. The number of benzene rings is 1. The molecule has 1 amide bonds. The van der Waals surface area contributed by atoms with Crippen LogP contribution in [0, 0.1) is 17.2 Å². The lowest BCUT2D eigenvalue weighted by Gasteiger charge is -2.16. The molecule has 0 bridgehead atoms. The Bertz CT molecular complexity index is 426. The van der Waals surface area contributed by atoms with Crippen LogP contribution in [0.15, 0.2) is 30.3 Å². The molecule has 2 unspecified atom stereocenters. The molecule has 0 aliphatic rings. The SMILES string of the molecule is CC(CCCO)NC(=O)C(C#N)Cc1ccccc1. The standard InChI is InChI=1S/C15H20N2O2/c1-12(6-5-9-18)17-15(19)14(11-16)10-13-7-3-2-4-8-13/h2-4,7-8,12,14,18H,5-6,9-10H2,1H3,(H,17,19). The summed E-state index contributed by atoms with van der Waals surface area (Å²) in [5.74, 6) is -0.907. The first-order valence-corrected chi connectivity index (χ1v) is 6.52. The van der Waals surface area contributed by atoms with E-state index in [2.05, 4.69) is 11.4 Å². The summed E-state index contributed by atoms with van der Waals surface area (Å²) in [5.41, 5.74) is 0.979. The molecule has 2 N–H and O–H groups in total. The molecule has 0 aliphatic heterocycles. The predicted octanol–water partition coefficient (Wildman–Crippen LogP) is 1.65. The molecule has 0 heterocycles. The molecule has 0 aromatic heterocycles. The summed E-state index contributed by atoms with van der Waals surface area (Å²) in [6, 6.07) is 11.5. The zero-order valence-electron chi connectivity index (χ0n) is 11.2. The van der Waals surface area contributed by atoms with Crippen molar-refractivity contribution in [3.05, 3.63) is 35.9 Å². The largest absolute Gasteiger partial charge is 0.396 e. The van der Waals surface area contributed by atoms with Crippen LogP contribution in [-0.4, -0.2) is 23.7 Å². The fourth-order valence-electron chi connectivity index (χ4n) is 1.86. The molecule has 1 aromatic rings. The predicted molar refractivity (Wildman–Crippen MR) is 73.2 cm³/mol. The number of nitrogens with one attached hydrogen (secondary N) is 1. The molecule has 0 saturated heterocycles. The Labute approximate surface area is 114 Å². The number of aliphatic hydroxyl groups is 1. The zero-order chi connectivity index (χ0) is 14.1. The van der Waals surface area contributed by atoms with E-state index in [1.165, 1.54) is 0 Å². The topological polar surface area (TPSA) is 73.1 Å². The van der Waals surface area contributed by atoms with E-state index in [9.17, 15) is 4.79 Å². The van der Waals surface area contributed by atoms with Crippen molar-refractivity contribution in [2.45, 2.75) is 32.2 Å². The van der Waals surface area contributed by atoms with Crippen LogP contribution in [0.25, 0.3) is 0 Å². The highest BCUT2D eigenvalue weighted by Crippen LogP contribution is 2.09. The summed E-state index contributed by atoms with van der Waals surface area (Å²) >= 11 is 0. The summed E-state index contributed by atoms with van der Waals surface area (Å²) in [6.45, 7) is 2.00. The van der Waals surface area contributed by atoms with Crippen molar-refractivity contribution in [1.82, 2.24) is 5.32 Å². The van der Waals surface area contributed by atoms with Gasteiger partial charge in [0.1, 0.15) is 5.92 Å². The molecule has 0 aliphatic carbocycles. The van der Waals surface area contributed by atoms with Gasteiger partial charge >= 0.3 is 0 Å². The third-order valence-corrected chi connectivity index (χ3v) is 2.94. The number of amides is 1. The van der Waals surface area contributed by atoms with E-state index >= 15 is 0 Å². The summed E-state index contributed by atoms with van der Waals surface area (Å²) in [7, 11) is 0. The number of nitrogens with zero attached hydrogens (tertiary/aromatic N) is 1. The molecule has 0 saturated carbocycles. The average molecular weight is 260 g/mol. The van der Waals surface area contributed by atoms with Crippen LogP contribution in [0.5, 0.6) is 0 Å². The van der Waals surface area contributed by atoms with Gasteiger partial charge in [0.05, 0.1) is 6.07 Å². The number of hydrogen-bond donors (Lipinski definition) is 2. The first kappa shape index (κ1) is 15.2. The van der Waals surface area contributed by atoms with Crippen molar-refractivity contribution in [2.24, 2.45) is 5.92 Å². The van der Waals surface area contributed by atoms with Gasteiger partial charge in [0.15, 0.2) is 0 Å². The second-order valence-electron chi connectivity index (χ2n) is 4.65. The van der Waals surface area contributed by atoms with E-state index in [0.717, 1.165) is 5.56 Å². The van der Waals surface area contributed by atoms with Gasteiger partial charge in [-0.05, 0) is 31.7 Å². The molecule has 1 rings (SSSR count). The fourth-order valence-corrected chi connectivity index (χ4v) is 1.86. The van der Waals surface area contributed by atoms with Gasteiger partial charge in [-0.2, -0.15) is 5.26 Å². The van der Waals surface area contributed by atoms with Crippen LogP contribution >= 0.6 is 0 Å². The molecule has 19 heavy (non-hydrogen) atoms. The molecule has 2 atom stereocenters. The monoisotopic (exact) mass is 260 g/mol. The minimum atomic E-state index is -0.668. The van der Waals surface area contributed by atoms with Gasteiger partial charge < -0.3 is 10.4 Å². The summed E-state index contributed by atoms with van der Waals surface area (Å²) in [4.78, 5) is 12.0. The van der Waals surface area contributed by atoms with E-state index in [1.807, 2.05) is 37.3 Å². The summed E-state index contributed by atoms with van der Waals surface area (Å²) < 4.78 is 0. The van der Waals surface area contributed by atoms with E-state index in [4.69, 9.17) is 10.4 Å². The number of carbonyl (C=O) groups excluding carboxylic acids is 1. The van der Waals surface area contributed by atoms with Crippen molar-refractivity contribution in [3.63, 3.8) is 0 Å². The van der Waals surface area contributed by atoms with Crippen molar-refractivity contribution in [3.8, 4) is 6.07 Å². The number of rotatable bonds is 7. The van der Waals surface area contributed by atoms with E-state index in [-0.39, 0.29) is 18.6 Å². The van der Waals surface area contributed by atoms with Crippen LogP contribution in [0.1, 0.15) is 25.3 Å². The highest BCUT2D eigenvalue weighted by Gasteiger charge is 2.19. The number of aliphatic hydroxyl groups excluding tert-OH is 1. The van der Waals surface area contributed by atoms with Gasteiger partial charge in [-0.1, -0.05) is 30.3 Å². The van der Waals surface area contributed by atoms with Crippen LogP contribution in [0.2, 0.25) is 0 Å². The molecule has 102 valence electrons. The Morgan fingerprint density at radius 3 is 2.68 bits per heavy atom. The van der Waals surface area contributed by atoms with Crippen LogP contribution in [0.3, 0.4) is 0 Å². The van der Waals surface area contributed by atoms with Crippen molar-refractivity contribution in [2.75, 3.05) is 6.61 Å². The minimum Gasteiger partial charge on any atom is -0.396 e. The fraction of sp³-hybridized carbons (Fsp3) is 0.467. The molecule has 4 heteroatoms. The van der Waals surface area contributed by atoms with Gasteiger partial charge in [0.2, 0.25) is 5.91 Å². The molecular formula is C15H20N2O2. The summed E-state index contributed by atoms with van der Waals surface area (Å²) in [6.07, 6.45) is 1.79. The minimum absolute atomic E-state index is 0.0220. The molecule has 4 nitrogen and oxygen atoms in total. The number of carbonyl (C=O) groups is 1. The smallest absolute Gasteiger partial charge is 0.237 e. The van der Waals surface area contributed by atoms with Crippen molar-refractivity contribution < 1.29 is 9.90 Å². The maximum atomic E-state index is 12.0. The van der Waals surface area contributed by atoms with Crippen LogP contribution in [0.4, 0.5) is 0 Å². The van der Waals surface area contributed by atoms with Gasteiger partial charge in [-0.15, -0.1) is 0 Å². The highest BCUT2D eigenvalue weighted by atomic mass is 16.2. The maximum Gasteiger partial charge on any atom is 0.237 e. The lowest BCUT2D eigenvalue weighted by molar-refractivity contribution is -0.124. The van der Waals surface area contributed by atoms with Crippen molar-refractivity contribution >= 4 is 5.91 Å². The van der Waals surface area contributed by atoms with E-state index < -0.39 is 5.92 Å². The Morgan fingerprint density at radius 1 is 1.42 bits per heavy atom. The van der Waals surface area contributed by atoms with Crippen LogP contribution < -0.4 is 5.32 Å². The first-order chi connectivity index (χ1) is 9.17. The second kappa shape index (κ2) is 8.28. The summed E-state index contributed by atoms with van der Waals surface area (Å²) in [5, 5.41) is 20.6. The Kier molecular flexibility index (Phi) is 6.62. The average Bonchev–Trinajstić information content (AvgIpc) is 2.43. The third-order valence-electron chi connectivity index (χ3n) is 2.94. The van der Waals surface area contributed by atoms with E-state index in [1.54, 1.807) is 0 Å². The van der Waals surface area contributed by atoms with Gasteiger partial charge in [0.25, 0.3) is 0 Å². The molecule has 0 radical (unpaired) electrons. The lowest BCUT2D eigenvalue weighted by Crippen LogP contribution is -2.37. The normalized spacial score (nSPS) is 13.3. The Balaban J connectivity index is 2.51. The third kappa shape index (κ3) is 5.54. The quantitative estimate of drug-likeness (QED) is 0.783. The Morgan fingerprint density at radius 2 is 2.11 bits per heavy atom. The lowest BCUT2D eigenvalue weighted by atomic mass is 9.99. The molecule has 1 aromatic carbocycles. The van der Waals surface area contributed by atoms with Gasteiger partial charge in [-0.3, -0.25) is 4.79 Å². The zero-order valence-corrected chi connectivity index (χ0v) is 11.2. The molecular weight excluding hydrogens is 240 g/mol. The number of nitriles is 1. The van der Waals surface area contributed by atoms with Crippen molar-refractivity contribution in [1.29, 1.82) is 5.26 Å². The highest BCUT2D eigenvalue weighted by molar-refractivity contribution is 5.81. The molecule has 0 fully saturated rings. The van der Waals surface area contributed by atoms with Gasteiger partial charge in [-0.25, -0.2) is 0 Å². The van der Waals surface area contributed by atoms with Crippen LogP contribution in [-0.2, 0) is 11.2 Å². The van der Waals surface area contributed by atoms with Gasteiger partial charge in [0, 0.05) is 12.6 Å². The molecule has 0 spiro atoms. The Hall–Kier alpha value is -1.86. The number of hydrogen-bond acceptors (Lipinski definition) is 3.